The molecule has 2 saturated heterocycles. The van der Waals surface area contributed by atoms with E-state index < -0.39 is 12.0 Å². The van der Waals surface area contributed by atoms with Gasteiger partial charge in [-0.15, -0.1) is 0 Å². The van der Waals surface area contributed by atoms with Crippen molar-refractivity contribution in [3.8, 4) is 6.07 Å². The summed E-state index contributed by atoms with van der Waals surface area (Å²) >= 11 is 0. The quantitative estimate of drug-likeness (QED) is 0.181. The maximum Gasteiger partial charge on any atom is 0.246 e. The van der Waals surface area contributed by atoms with Gasteiger partial charge in [0.2, 0.25) is 17.7 Å². The first-order valence-corrected chi connectivity index (χ1v) is 19.0. The van der Waals surface area contributed by atoms with Gasteiger partial charge in [-0.1, -0.05) is 73.3 Å². The van der Waals surface area contributed by atoms with Crippen molar-refractivity contribution in [1.82, 2.24) is 19.6 Å². The first-order valence-electron chi connectivity index (χ1n) is 19.0. The van der Waals surface area contributed by atoms with Gasteiger partial charge >= 0.3 is 0 Å². The number of hydrogen-bond donors (Lipinski definition) is 0. The van der Waals surface area contributed by atoms with E-state index in [4.69, 9.17) is 0 Å². The van der Waals surface area contributed by atoms with E-state index in [0.717, 1.165) is 47.7 Å². The second-order valence-corrected chi connectivity index (χ2v) is 14.6. The van der Waals surface area contributed by atoms with E-state index in [1.54, 1.807) is 24.0 Å². The normalized spacial score (nSPS) is 15.8. The third kappa shape index (κ3) is 9.42. The molecule has 2 fully saturated rings. The summed E-state index contributed by atoms with van der Waals surface area (Å²) in [7, 11) is 4.06. The molecule has 6 rings (SSSR count). The van der Waals surface area contributed by atoms with Crippen molar-refractivity contribution in [1.29, 1.82) is 5.26 Å². The highest BCUT2D eigenvalue weighted by molar-refractivity contribution is 5.93. The number of benzene rings is 4. The molecule has 0 N–H and O–H groups in total. The van der Waals surface area contributed by atoms with Crippen LogP contribution in [0.15, 0.2) is 116 Å². The molecule has 0 spiro atoms. The molecule has 284 valence electrons. The minimum absolute atomic E-state index is 0.0915. The Hall–Kier alpha value is -5.92. The molecule has 0 unspecified atom stereocenters. The number of hydrogen-bond acceptors (Lipinski definition) is 7. The van der Waals surface area contributed by atoms with Crippen LogP contribution in [0.25, 0.3) is 0 Å². The summed E-state index contributed by atoms with van der Waals surface area (Å²) in [5.41, 5.74) is 6.56. The third-order valence-electron chi connectivity index (χ3n) is 10.8. The van der Waals surface area contributed by atoms with Gasteiger partial charge in [0.25, 0.3) is 0 Å². The van der Waals surface area contributed by atoms with Crippen LogP contribution in [0.2, 0.25) is 0 Å². The van der Waals surface area contributed by atoms with Gasteiger partial charge in [-0.05, 0) is 64.7 Å². The lowest BCUT2D eigenvalue weighted by Gasteiger charge is -2.42. The van der Waals surface area contributed by atoms with Gasteiger partial charge in [0.1, 0.15) is 6.04 Å². The van der Waals surface area contributed by atoms with Crippen LogP contribution in [0.5, 0.6) is 0 Å². The molecule has 3 amide bonds. The molecule has 2 atom stereocenters. The number of rotatable bonds is 12. The Morgan fingerprint density at radius 1 is 0.745 bits per heavy atom. The van der Waals surface area contributed by atoms with Gasteiger partial charge in [0.05, 0.1) is 11.6 Å². The van der Waals surface area contributed by atoms with E-state index >= 15 is 4.79 Å². The first kappa shape index (κ1) is 38.8. The van der Waals surface area contributed by atoms with Crippen molar-refractivity contribution in [2.45, 2.75) is 32.0 Å². The molecule has 0 radical (unpaired) electrons. The van der Waals surface area contributed by atoms with E-state index in [9.17, 15) is 14.9 Å². The number of nitriles is 1. The fourth-order valence-electron chi connectivity index (χ4n) is 7.63. The summed E-state index contributed by atoms with van der Waals surface area (Å²) < 4.78 is 0. The SMILES string of the molecule is C=CC(=O)N(Cc1ccc(N2CCN(C(C)=O)CC2)cc1)[C@H](C(=O)N1CCN(Cc2ccc(N(C)C)cc2)CC1)[C@@H](c1ccccc1)c1ccc(C#N)cc1. The van der Waals surface area contributed by atoms with Crippen molar-refractivity contribution in [2.75, 3.05) is 76.3 Å². The number of carbonyl (C=O) groups is 3. The maximum absolute atomic E-state index is 15.2. The lowest BCUT2D eigenvalue weighted by atomic mass is 9.82. The lowest BCUT2D eigenvalue weighted by molar-refractivity contribution is -0.146. The molecule has 0 saturated carbocycles. The molecule has 0 aromatic heterocycles. The fourth-order valence-corrected chi connectivity index (χ4v) is 7.63. The summed E-state index contributed by atoms with van der Waals surface area (Å²) in [4.78, 5) is 53.2. The largest absolute Gasteiger partial charge is 0.378 e. The van der Waals surface area contributed by atoms with Crippen molar-refractivity contribution < 1.29 is 14.4 Å². The molecule has 0 aliphatic carbocycles. The van der Waals surface area contributed by atoms with Crippen LogP contribution in [0.3, 0.4) is 0 Å². The van der Waals surface area contributed by atoms with E-state index in [0.29, 0.717) is 44.8 Å². The first-order chi connectivity index (χ1) is 26.6. The smallest absolute Gasteiger partial charge is 0.246 e. The molecular formula is C45H51N7O3. The molecule has 2 aliphatic heterocycles. The zero-order chi connectivity index (χ0) is 38.9. The number of nitrogens with zero attached hydrogens (tertiary/aromatic N) is 7. The Morgan fingerprint density at radius 3 is 1.89 bits per heavy atom. The zero-order valence-electron chi connectivity index (χ0n) is 32.2. The summed E-state index contributed by atoms with van der Waals surface area (Å²) in [6, 6.07) is 35.2. The highest BCUT2D eigenvalue weighted by atomic mass is 16.2. The Balaban J connectivity index is 1.30. The van der Waals surface area contributed by atoms with Crippen LogP contribution in [0, 0.1) is 11.3 Å². The zero-order valence-corrected chi connectivity index (χ0v) is 32.2. The van der Waals surface area contributed by atoms with Crippen LogP contribution in [-0.2, 0) is 27.5 Å². The monoisotopic (exact) mass is 737 g/mol. The van der Waals surface area contributed by atoms with Gasteiger partial charge < -0.3 is 24.5 Å². The Bertz CT molecular complexity index is 1960. The van der Waals surface area contributed by atoms with Gasteiger partial charge in [0.15, 0.2) is 0 Å². The average molecular weight is 738 g/mol. The molecule has 10 nitrogen and oxygen atoms in total. The van der Waals surface area contributed by atoms with Crippen LogP contribution >= 0.6 is 0 Å². The van der Waals surface area contributed by atoms with E-state index in [2.05, 4.69) is 63.7 Å². The van der Waals surface area contributed by atoms with Crippen molar-refractivity contribution in [2.24, 2.45) is 0 Å². The Labute approximate surface area is 325 Å². The maximum atomic E-state index is 15.2. The molecular weight excluding hydrogens is 687 g/mol. The standard InChI is InChI=1S/C45H51N7O3/c1-5-42(54)52(33-37-15-21-41(22-16-37)50-29-27-49(28-30-50)34(2)53)44(43(38-9-7-6-8-10-38)39-17-11-35(31-46)12-18-39)45(55)51-25-23-48(24-26-51)32-36-13-19-40(20-14-36)47(3)4/h5-22,43-44H,1,23-30,32-33H2,2-4H3/t43-,44-/m0/s1. The number of piperazine rings is 2. The van der Waals surface area contributed by atoms with E-state index in [1.807, 2.05) is 78.5 Å². The predicted molar refractivity (Wildman–Crippen MR) is 218 cm³/mol. The van der Waals surface area contributed by atoms with Gasteiger partial charge in [-0.25, -0.2) is 0 Å². The Kier molecular flexibility index (Phi) is 12.7. The second-order valence-electron chi connectivity index (χ2n) is 14.6. The molecule has 10 heteroatoms. The average Bonchev–Trinajstić information content (AvgIpc) is 3.22. The van der Waals surface area contributed by atoms with Crippen molar-refractivity contribution >= 4 is 29.1 Å². The van der Waals surface area contributed by atoms with Crippen LogP contribution in [0.1, 0.15) is 40.7 Å². The summed E-state index contributed by atoms with van der Waals surface area (Å²) in [6.07, 6.45) is 1.30. The number of anilines is 2. The highest BCUT2D eigenvalue weighted by Gasteiger charge is 2.41. The minimum atomic E-state index is -0.898. The lowest BCUT2D eigenvalue weighted by Crippen LogP contribution is -2.57. The molecule has 4 aromatic rings. The number of amides is 3. The van der Waals surface area contributed by atoms with Gasteiger partial charge in [-0.3, -0.25) is 19.3 Å². The summed E-state index contributed by atoms with van der Waals surface area (Å²) in [5, 5.41) is 9.59. The summed E-state index contributed by atoms with van der Waals surface area (Å²) in [5.74, 6) is -0.885. The summed E-state index contributed by atoms with van der Waals surface area (Å²) in [6.45, 7) is 11.8. The molecule has 4 aromatic carbocycles. The van der Waals surface area contributed by atoms with E-state index in [-0.39, 0.29) is 24.3 Å². The second kappa shape index (κ2) is 17.9. The van der Waals surface area contributed by atoms with Gasteiger partial charge in [0, 0.05) is 104 Å². The third-order valence-corrected chi connectivity index (χ3v) is 10.8. The van der Waals surface area contributed by atoms with Crippen LogP contribution in [0.4, 0.5) is 11.4 Å². The van der Waals surface area contributed by atoms with Crippen molar-refractivity contribution in [3.05, 3.63) is 144 Å². The van der Waals surface area contributed by atoms with Crippen molar-refractivity contribution in [3.63, 3.8) is 0 Å². The van der Waals surface area contributed by atoms with Gasteiger partial charge in [-0.2, -0.15) is 5.26 Å². The predicted octanol–water partition coefficient (Wildman–Crippen LogP) is 5.35. The fraction of sp³-hybridized carbons (Fsp3) is 0.333. The topological polar surface area (TPSA) is 94.4 Å². The highest BCUT2D eigenvalue weighted by Crippen LogP contribution is 2.34. The van der Waals surface area contributed by atoms with Crippen LogP contribution < -0.4 is 9.80 Å². The minimum Gasteiger partial charge on any atom is -0.378 e. The molecule has 0 bridgehead atoms. The molecule has 2 heterocycles. The Morgan fingerprint density at radius 2 is 1.33 bits per heavy atom. The van der Waals surface area contributed by atoms with Crippen LogP contribution in [-0.4, -0.2) is 110 Å². The van der Waals surface area contributed by atoms with E-state index in [1.165, 1.54) is 11.6 Å². The molecule has 55 heavy (non-hydrogen) atoms. The molecule has 2 aliphatic rings. The number of carbonyl (C=O) groups excluding carboxylic acids is 3.